The number of para-hydroxylation sites is 1. The first kappa shape index (κ1) is 28.1. The zero-order valence-corrected chi connectivity index (χ0v) is 24.4. The second-order valence-corrected chi connectivity index (χ2v) is 10.5. The van der Waals surface area contributed by atoms with Crippen molar-refractivity contribution < 1.29 is 23.9 Å². The van der Waals surface area contributed by atoms with Gasteiger partial charge < -0.3 is 14.0 Å². The second-order valence-electron chi connectivity index (χ2n) is 9.56. The van der Waals surface area contributed by atoms with Gasteiger partial charge in [0.2, 0.25) is 0 Å². The van der Waals surface area contributed by atoms with Crippen molar-refractivity contribution in [1.82, 2.24) is 19.2 Å². The van der Waals surface area contributed by atoms with E-state index in [1.165, 1.54) is 17.8 Å². The molecule has 0 aliphatic rings. The van der Waals surface area contributed by atoms with Crippen molar-refractivity contribution in [3.63, 3.8) is 0 Å². The summed E-state index contributed by atoms with van der Waals surface area (Å²) >= 11 is 1.33. The lowest BCUT2D eigenvalue weighted by atomic mass is 10.1. The maximum atomic E-state index is 13.5. The normalized spacial score (nSPS) is 11.2. The molecule has 0 unspecified atom stereocenters. The van der Waals surface area contributed by atoms with Gasteiger partial charge in [-0.2, -0.15) is 0 Å². The van der Waals surface area contributed by atoms with Crippen molar-refractivity contribution >= 4 is 46.0 Å². The van der Waals surface area contributed by atoms with Crippen LogP contribution in [0.5, 0.6) is 0 Å². The largest absolute Gasteiger partial charge is 0.462 e. The van der Waals surface area contributed by atoms with Gasteiger partial charge in [-0.3, -0.25) is 9.20 Å². The number of carbonyl (C=O) groups is 3. The molecule has 9 nitrogen and oxygen atoms in total. The Morgan fingerprint density at radius 3 is 2.17 bits per heavy atom. The monoisotopic (exact) mass is 570 g/mol. The molecule has 0 fully saturated rings. The zero-order valence-electron chi connectivity index (χ0n) is 23.6. The number of benzene rings is 2. The van der Waals surface area contributed by atoms with Crippen LogP contribution in [0.25, 0.3) is 22.2 Å². The Labute approximate surface area is 241 Å². The number of hydrogen-bond acceptors (Lipinski definition) is 8. The first-order chi connectivity index (χ1) is 19.7. The molecule has 0 bridgehead atoms. The fourth-order valence-electron chi connectivity index (χ4n) is 5.02. The van der Waals surface area contributed by atoms with Crippen LogP contribution in [0.2, 0.25) is 0 Å². The highest BCUT2D eigenvalue weighted by Gasteiger charge is 2.21. The van der Waals surface area contributed by atoms with Gasteiger partial charge in [-0.15, -0.1) is 10.2 Å². The zero-order chi connectivity index (χ0) is 29.3. The average Bonchev–Trinajstić information content (AvgIpc) is 3.51. The number of carbonyl (C=O) groups excluding carboxylic acids is 3. The van der Waals surface area contributed by atoms with Crippen LogP contribution in [0.3, 0.4) is 0 Å². The SMILES string of the molecule is CCOC(=O)c1cc(C(=O)OCC)cc(-n2c(C)cc(C(=O)CSc3nnc4cc(C)c5ccccc5n34)c2C)c1. The Morgan fingerprint density at radius 2 is 1.51 bits per heavy atom. The van der Waals surface area contributed by atoms with E-state index in [-0.39, 0.29) is 35.9 Å². The minimum Gasteiger partial charge on any atom is -0.462 e. The van der Waals surface area contributed by atoms with Gasteiger partial charge in [0.1, 0.15) is 0 Å². The molecule has 210 valence electrons. The fourth-order valence-corrected chi connectivity index (χ4v) is 5.86. The molecule has 0 N–H and O–H groups in total. The maximum absolute atomic E-state index is 13.5. The van der Waals surface area contributed by atoms with E-state index in [0.29, 0.717) is 22.1 Å². The predicted octanol–water partition coefficient (Wildman–Crippen LogP) is 5.93. The van der Waals surface area contributed by atoms with Crippen molar-refractivity contribution in [2.24, 2.45) is 0 Å². The lowest BCUT2D eigenvalue weighted by Gasteiger charge is -2.14. The minimum absolute atomic E-state index is 0.0744. The molecule has 5 aromatic rings. The van der Waals surface area contributed by atoms with Gasteiger partial charge in [-0.05, 0) is 76.6 Å². The number of Topliss-reactive ketones (excluding diaryl/α,β-unsaturated/α-hetero) is 1. The molecule has 0 saturated heterocycles. The van der Waals surface area contributed by atoms with Gasteiger partial charge in [-0.1, -0.05) is 30.0 Å². The standard InChI is InChI=1S/C31H30N4O5S/c1-6-39-29(37)21-14-22(30(38)40-7-2)16-23(15-21)34-19(4)13-25(20(34)5)27(36)17-41-31-33-32-28-12-18(3)24-10-8-9-11-26(24)35(28)31/h8-16H,6-7,17H2,1-5H3. The van der Waals surface area contributed by atoms with E-state index in [4.69, 9.17) is 9.47 Å². The first-order valence-corrected chi connectivity index (χ1v) is 14.3. The van der Waals surface area contributed by atoms with E-state index in [1.54, 1.807) is 26.0 Å². The third kappa shape index (κ3) is 5.35. The van der Waals surface area contributed by atoms with Gasteiger partial charge in [-0.25, -0.2) is 9.59 Å². The number of aromatic nitrogens is 4. The summed E-state index contributed by atoms with van der Waals surface area (Å²) in [6.45, 7) is 9.60. The van der Waals surface area contributed by atoms with Gasteiger partial charge >= 0.3 is 11.9 Å². The van der Waals surface area contributed by atoms with Gasteiger partial charge in [0.15, 0.2) is 16.6 Å². The lowest BCUT2D eigenvalue weighted by Crippen LogP contribution is -2.12. The minimum atomic E-state index is -0.543. The molecule has 0 aliphatic carbocycles. The van der Waals surface area contributed by atoms with Crippen molar-refractivity contribution in [3.8, 4) is 5.69 Å². The summed E-state index contributed by atoms with van der Waals surface area (Å²) in [5, 5.41) is 10.4. The van der Waals surface area contributed by atoms with Crippen LogP contribution < -0.4 is 0 Å². The molecule has 0 amide bonds. The van der Waals surface area contributed by atoms with Crippen molar-refractivity contribution in [2.75, 3.05) is 19.0 Å². The Kier molecular flexibility index (Phi) is 7.94. The van der Waals surface area contributed by atoms with E-state index >= 15 is 0 Å². The number of ether oxygens (including phenoxy) is 2. The van der Waals surface area contributed by atoms with Crippen LogP contribution in [0.4, 0.5) is 0 Å². The smallest absolute Gasteiger partial charge is 0.338 e. The first-order valence-electron chi connectivity index (χ1n) is 13.3. The molecule has 5 rings (SSSR count). The molecule has 2 aromatic carbocycles. The number of pyridine rings is 1. The molecule has 10 heteroatoms. The van der Waals surface area contributed by atoms with Gasteiger partial charge in [0.05, 0.1) is 35.6 Å². The number of aryl methyl sites for hydroxylation is 2. The maximum Gasteiger partial charge on any atom is 0.338 e. The van der Waals surface area contributed by atoms with E-state index < -0.39 is 11.9 Å². The Bertz CT molecular complexity index is 1780. The van der Waals surface area contributed by atoms with E-state index in [9.17, 15) is 14.4 Å². The molecule has 3 aromatic heterocycles. The number of hydrogen-bond donors (Lipinski definition) is 0. The summed E-state index contributed by atoms with van der Waals surface area (Å²) in [7, 11) is 0. The summed E-state index contributed by atoms with van der Waals surface area (Å²) in [5.74, 6) is -1.00. The third-order valence-electron chi connectivity index (χ3n) is 6.84. The van der Waals surface area contributed by atoms with E-state index in [0.717, 1.165) is 27.8 Å². The van der Waals surface area contributed by atoms with Crippen LogP contribution >= 0.6 is 11.8 Å². The Hall–Kier alpha value is -4.44. The van der Waals surface area contributed by atoms with Crippen LogP contribution in [-0.2, 0) is 9.47 Å². The molecule has 0 atom stereocenters. The molecule has 0 aliphatic heterocycles. The molecule has 0 spiro atoms. The van der Waals surface area contributed by atoms with Gasteiger partial charge in [0, 0.05) is 28.0 Å². The highest BCUT2D eigenvalue weighted by molar-refractivity contribution is 7.99. The van der Waals surface area contributed by atoms with E-state index in [1.807, 2.05) is 60.1 Å². The third-order valence-corrected chi connectivity index (χ3v) is 7.76. The van der Waals surface area contributed by atoms with Crippen LogP contribution in [0, 0.1) is 20.8 Å². The predicted molar refractivity (Wildman–Crippen MR) is 157 cm³/mol. The van der Waals surface area contributed by atoms with Crippen molar-refractivity contribution in [1.29, 1.82) is 0 Å². The molecule has 0 radical (unpaired) electrons. The van der Waals surface area contributed by atoms with Gasteiger partial charge in [0.25, 0.3) is 0 Å². The number of nitrogens with zero attached hydrogens (tertiary/aromatic N) is 4. The number of thioether (sulfide) groups is 1. The van der Waals surface area contributed by atoms with E-state index in [2.05, 4.69) is 16.3 Å². The highest BCUT2D eigenvalue weighted by atomic mass is 32.2. The van der Waals surface area contributed by atoms with Crippen molar-refractivity contribution in [3.05, 3.63) is 88.2 Å². The lowest BCUT2D eigenvalue weighted by molar-refractivity contribution is 0.0525. The number of esters is 2. The van der Waals surface area contributed by atoms with Crippen LogP contribution in [0.1, 0.15) is 61.9 Å². The molecule has 41 heavy (non-hydrogen) atoms. The summed E-state index contributed by atoms with van der Waals surface area (Å²) < 4.78 is 14.2. The quantitative estimate of drug-likeness (QED) is 0.122. The fraction of sp³-hybridized carbons (Fsp3) is 0.258. The summed E-state index contributed by atoms with van der Waals surface area (Å²) in [4.78, 5) is 38.7. The summed E-state index contributed by atoms with van der Waals surface area (Å²) in [6.07, 6.45) is 0. The topological polar surface area (TPSA) is 105 Å². The van der Waals surface area contributed by atoms with Crippen molar-refractivity contribution in [2.45, 2.75) is 39.8 Å². The highest BCUT2D eigenvalue weighted by Crippen LogP contribution is 2.28. The number of rotatable bonds is 9. The Morgan fingerprint density at radius 1 is 0.854 bits per heavy atom. The molecule has 0 saturated carbocycles. The molecular formula is C31H30N4O5S. The second kappa shape index (κ2) is 11.6. The van der Waals surface area contributed by atoms with Crippen LogP contribution in [0.15, 0.2) is 59.8 Å². The number of ketones is 1. The van der Waals surface area contributed by atoms with Crippen LogP contribution in [-0.4, -0.2) is 55.9 Å². The molecule has 3 heterocycles. The summed E-state index contributed by atoms with van der Waals surface area (Å²) in [5.41, 5.74) is 5.85. The Balaban J connectivity index is 1.47. The average molecular weight is 571 g/mol. The summed E-state index contributed by atoms with van der Waals surface area (Å²) in [6, 6.07) is 16.6. The number of fused-ring (bicyclic) bond motifs is 3. The molecular weight excluding hydrogens is 540 g/mol.